The average molecular weight is 377 g/mol. The van der Waals surface area contributed by atoms with E-state index in [1.165, 1.54) is 18.4 Å². The van der Waals surface area contributed by atoms with Crippen LogP contribution in [0.15, 0.2) is 47.1 Å². The van der Waals surface area contributed by atoms with Crippen molar-refractivity contribution in [3.8, 4) is 0 Å². The number of nitrogens with zero attached hydrogens (tertiary/aromatic N) is 1. The molecule has 1 aliphatic heterocycles. The number of carbonyl (C=O) groups is 1. The number of hydrogen-bond acceptors (Lipinski definition) is 5. The number of ether oxygens (including phenoxy) is 1. The van der Waals surface area contributed by atoms with Gasteiger partial charge in [0.05, 0.1) is 25.5 Å². The highest BCUT2D eigenvalue weighted by molar-refractivity contribution is 7.80. The van der Waals surface area contributed by atoms with Crippen molar-refractivity contribution >= 4 is 23.2 Å². The lowest BCUT2D eigenvalue weighted by Gasteiger charge is -2.35. The van der Waals surface area contributed by atoms with E-state index in [0.717, 1.165) is 18.7 Å². The Balaban J connectivity index is 1.62. The molecule has 6 nitrogen and oxygen atoms in total. The Morgan fingerprint density at radius 2 is 1.96 bits per heavy atom. The molecule has 1 amide bonds. The Labute approximate surface area is 156 Å². The van der Waals surface area contributed by atoms with E-state index in [2.05, 4.69) is 15.5 Å². The van der Waals surface area contributed by atoms with Gasteiger partial charge in [0.1, 0.15) is 5.82 Å². The minimum Gasteiger partial charge on any atom is -0.459 e. The summed E-state index contributed by atoms with van der Waals surface area (Å²) >= 11 is 5.21. The molecule has 1 saturated heterocycles. The molecule has 0 spiro atoms. The van der Waals surface area contributed by atoms with Gasteiger partial charge in [-0.3, -0.25) is 15.0 Å². The summed E-state index contributed by atoms with van der Waals surface area (Å²) < 4.78 is 23.7. The number of hydrogen-bond donors (Lipinski definition) is 2. The summed E-state index contributed by atoms with van der Waals surface area (Å²) in [6.45, 7) is 3.32. The van der Waals surface area contributed by atoms with Gasteiger partial charge in [-0.25, -0.2) is 4.39 Å². The van der Waals surface area contributed by atoms with Gasteiger partial charge < -0.3 is 14.5 Å². The molecule has 1 unspecified atom stereocenters. The summed E-state index contributed by atoms with van der Waals surface area (Å²) in [7, 11) is 0. The number of rotatable bonds is 5. The third-order valence-corrected chi connectivity index (χ3v) is 4.42. The first-order valence-corrected chi connectivity index (χ1v) is 8.74. The Bertz CT molecular complexity index is 731. The summed E-state index contributed by atoms with van der Waals surface area (Å²) in [6, 6.07) is 9.60. The van der Waals surface area contributed by atoms with E-state index in [4.69, 9.17) is 21.4 Å². The number of amides is 1. The molecule has 1 aromatic heterocycles. The Kier molecular flexibility index (Phi) is 6.32. The van der Waals surface area contributed by atoms with Crippen LogP contribution in [0.4, 0.5) is 4.39 Å². The van der Waals surface area contributed by atoms with Crippen molar-refractivity contribution in [3.63, 3.8) is 0 Å². The van der Waals surface area contributed by atoms with Crippen LogP contribution in [0.3, 0.4) is 0 Å². The average Bonchev–Trinajstić information content (AvgIpc) is 3.19. The summed E-state index contributed by atoms with van der Waals surface area (Å²) in [4.78, 5) is 14.2. The molecule has 0 bridgehead atoms. The molecule has 3 rings (SSSR count). The fourth-order valence-corrected chi connectivity index (χ4v) is 3.01. The fraction of sp³-hybridized carbons (Fsp3) is 0.333. The van der Waals surface area contributed by atoms with E-state index in [1.807, 2.05) is 0 Å². The van der Waals surface area contributed by atoms with Gasteiger partial charge in [-0.15, -0.1) is 0 Å². The molecule has 0 saturated carbocycles. The van der Waals surface area contributed by atoms with E-state index in [9.17, 15) is 9.18 Å². The van der Waals surface area contributed by atoms with Crippen LogP contribution in [0.25, 0.3) is 0 Å². The number of morpholine rings is 1. The predicted octanol–water partition coefficient (Wildman–Crippen LogP) is 2.10. The molecule has 1 aliphatic rings. The zero-order chi connectivity index (χ0) is 18.4. The first-order chi connectivity index (χ1) is 12.6. The fourth-order valence-electron chi connectivity index (χ4n) is 2.84. The van der Waals surface area contributed by atoms with Gasteiger partial charge in [0.15, 0.2) is 10.9 Å². The van der Waals surface area contributed by atoms with E-state index in [1.54, 1.807) is 24.3 Å². The van der Waals surface area contributed by atoms with Crippen molar-refractivity contribution in [2.75, 3.05) is 32.8 Å². The van der Waals surface area contributed by atoms with E-state index >= 15 is 0 Å². The van der Waals surface area contributed by atoms with Gasteiger partial charge >= 0.3 is 0 Å². The van der Waals surface area contributed by atoms with Crippen LogP contribution >= 0.6 is 12.2 Å². The molecule has 0 aliphatic carbocycles. The number of nitrogens with one attached hydrogen (secondary N) is 2. The number of carbonyl (C=O) groups excluding carboxylic acids is 1. The maximum absolute atomic E-state index is 13.3. The zero-order valence-corrected chi connectivity index (χ0v) is 14.9. The minimum atomic E-state index is -0.405. The Morgan fingerprint density at radius 3 is 2.62 bits per heavy atom. The number of furan rings is 1. The maximum atomic E-state index is 13.3. The van der Waals surface area contributed by atoms with Crippen LogP contribution in [0.5, 0.6) is 0 Å². The smallest absolute Gasteiger partial charge is 0.293 e. The highest BCUT2D eigenvalue weighted by Crippen LogP contribution is 2.21. The predicted molar refractivity (Wildman–Crippen MR) is 98.3 cm³/mol. The summed E-state index contributed by atoms with van der Waals surface area (Å²) in [5.41, 5.74) is 0.973. The molecule has 2 N–H and O–H groups in total. The molecule has 2 heterocycles. The first kappa shape index (κ1) is 18.5. The largest absolute Gasteiger partial charge is 0.459 e. The standard InChI is InChI=1S/C18H20FN3O3S/c19-14-5-3-13(4-6-14)15(22-7-10-24-11-8-22)12-20-18(26)21-17(23)16-2-1-9-25-16/h1-6,9,15H,7-8,10-12H2,(H2,20,21,23,26). The minimum absolute atomic E-state index is 0.0158. The third-order valence-electron chi connectivity index (χ3n) is 4.17. The molecule has 1 fully saturated rings. The number of benzene rings is 1. The molecular weight excluding hydrogens is 357 g/mol. The highest BCUT2D eigenvalue weighted by Gasteiger charge is 2.23. The SMILES string of the molecule is O=C(NC(=S)NCC(c1ccc(F)cc1)N1CCOCC1)c1ccco1. The quantitative estimate of drug-likeness (QED) is 0.778. The molecular formula is C18H20FN3O3S. The van der Waals surface area contributed by atoms with Gasteiger partial charge in [-0.1, -0.05) is 12.1 Å². The van der Waals surface area contributed by atoms with Crippen LogP contribution in [-0.4, -0.2) is 48.8 Å². The normalized spacial score (nSPS) is 16.0. The Hall–Kier alpha value is -2.29. The van der Waals surface area contributed by atoms with Crippen molar-refractivity contribution in [1.29, 1.82) is 0 Å². The summed E-state index contributed by atoms with van der Waals surface area (Å²) in [6.07, 6.45) is 1.42. The second-order valence-corrected chi connectivity index (χ2v) is 6.27. The zero-order valence-electron chi connectivity index (χ0n) is 14.1. The second-order valence-electron chi connectivity index (χ2n) is 5.86. The van der Waals surface area contributed by atoms with Crippen LogP contribution in [-0.2, 0) is 4.74 Å². The van der Waals surface area contributed by atoms with Crippen molar-refractivity contribution in [1.82, 2.24) is 15.5 Å². The van der Waals surface area contributed by atoms with Crippen molar-refractivity contribution in [2.24, 2.45) is 0 Å². The van der Waals surface area contributed by atoms with Crippen molar-refractivity contribution in [3.05, 3.63) is 59.8 Å². The van der Waals surface area contributed by atoms with Gasteiger partial charge in [-0.2, -0.15) is 0 Å². The van der Waals surface area contributed by atoms with E-state index in [0.29, 0.717) is 19.8 Å². The van der Waals surface area contributed by atoms with Crippen molar-refractivity contribution < 1.29 is 18.3 Å². The van der Waals surface area contributed by atoms with Crippen LogP contribution in [0.2, 0.25) is 0 Å². The monoisotopic (exact) mass is 377 g/mol. The summed E-state index contributed by atoms with van der Waals surface area (Å²) in [5, 5.41) is 5.87. The molecule has 8 heteroatoms. The van der Waals surface area contributed by atoms with Gasteiger partial charge in [0.25, 0.3) is 5.91 Å². The maximum Gasteiger partial charge on any atom is 0.293 e. The van der Waals surface area contributed by atoms with Gasteiger partial charge in [0, 0.05) is 19.6 Å². The van der Waals surface area contributed by atoms with Gasteiger partial charge in [0.2, 0.25) is 0 Å². The second kappa shape index (κ2) is 8.88. The van der Waals surface area contributed by atoms with Crippen LogP contribution in [0.1, 0.15) is 22.2 Å². The molecule has 0 radical (unpaired) electrons. The van der Waals surface area contributed by atoms with E-state index in [-0.39, 0.29) is 22.7 Å². The van der Waals surface area contributed by atoms with E-state index < -0.39 is 5.91 Å². The third kappa shape index (κ3) is 4.87. The lowest BCUT2D eigenvalue weighted by Crippen LogP contribution is -2.46. The van der Waals surface area contributed by atoms with Crippen LogP contribution < -0.4 is 10.6 Å². The lowest BCUT2D eigenvalue weighted by atomic mass is 10.0. The van der Waals surface area contributed by atoms with Crippen molar-refractivity contribution in [2.45, 2.75) is 6.04 Å². The first-order valence-electron chi connectivity index (χ1n) is 8.33. The molecule has 2 aromatic rings. The van der Waals surface area contributed by atoms with Crippen LogP contribution in [0, 0.1) is 5.82 Å². The topological polar surface area (TPSA) is 66.7 Å². The molecule has 1 aromatic carbocycles. The lowest BCUT2D eigenvalue weighted by molar-refractivity contribution is 0.0170. The molecule has 26 heavy (non-hydrogen) atoms. The van der Waals surface area contributed by atoms with Gasteiger partial charge in [-0.05, 0) is 42.0 Å². The number of thiocarbonyl (C=S) groups is 1. The molecule has 1 atom stereocenters. The Morgan fingerprint density at radius 1 is 1.23 bits per heavy atom. The molecule has 138 valence electrons. The number of halogens is 1. The summed E-state index contributed by atoms with van der Waals surface area (Å²) in [5.74, 6) is -0.488. The highest BCUT2D eigenvalue weighted by atomic mass is 32.1.